The van der Waals surface area contributed by atoms with E-state index < -0.39 is 10.0 Å². The Morgan fingerprint density at radius 2 is 1.92 bits per heavy atom. The molecule has 0 spiro atoms. The molecule has 1 aliphatic rings. The molecular formula is C17H23N3O4S2. The van der Waals surface area contributed by atoms with Crippen LogP contribution >= 0.6 is 11.3 Å². The normalized spacial score (nSPS) is 17.1. The van der Waals surface area contributed by atoms with Crippen molar-refractivity contribution in [3.05, 3.63) is 27.9 Å². The predicted molar refractivity (Wildman–Crippen MR) is 104 cm³/mol. The molecule has 2 aromatic rings. The van der Waals surface area contributed by atoms with Gasteiger partial charge >= 0.3 is 4.87 Å². The average molecular weight is 398 g/mol. The summed E-state index contributed by atoms with van der Waals surface area (Å²) < 4.78 is 27.1. The van der Waals surface area contributed by atoms with E-state index in [2.05, 4.69) is 5.32 Å². The fraction of sp³-hybridized carbons (Fsp3) is 0.529. The molecule has 3 rings (SSSR count). The Bertz CT molecular complexity index is 983. The van der Waals surface area contributed by atoms with Crippen molar-refractivity contribution in [3.63, 3.8) is 0 Å². The minimum absolute atomic E-state index is 0.00776. The van der Waals surface area contributed by atoms with Crippen LogP contribution in [0.2, 0.25) is 0 Å². The number of amides is 1. The zero-order valence-electron chi connectivity index (χ0n) is 15.1. The van der Waals surface area contributed by atoms with Crippen molar-refractivity contribution in [1.29, 1.82) is 0 Å². The van der Waals surface area contributed by atoms with Gasteiger partial charge < -0.3 is 5.32 Å². The van der Waals surface area contributed by atoms with E-state index >= 15 is 0 Å². The van der Waals surface area contributed by atoms with Gasteiger partial charge in [0, 0.05) is 30.7 Å². The topological polar surface area (TPSA) is 88.5 Å². The second-order valence-electron chi connectivity index (χ2n) is 6.94. The van der Waals surface area contributed by atoms with Crippen LogP contribution in [0.3, 0.4) is 0 Å². The minimum Gasteiger partial charge on any atom is -0.326 e. The Balaban J connectivity index is 1.71. The van der Waals surface area contributed by atoms with Gasteiger partial charge in [0.1, 0.15) is 0 Å². The lowest BCUT2D eigenvalue weighted by Gasteiger charge is -2.29. The number of carbonyl (C=O) groups excluding carboxylic acids is 1. The molecule has 9 heteroatoms. The maximum atomic E-state index is 12.5. The van der Waals surface area contributed by atoms with Gasteiger partial charge in [-0.15, -0.1) is 0 Å². The molecule has 0 radical (unpaired) electrons. The molecule has 0 atom stereocenters. The second kappa shape index (κ2) is 7.13. The number of anilines is 1. The Morgan fingerprint density at radius 3 is 2.50 bits per heavy atom. The zero-order valence-corrected chi connectivity index (χ0v) is 16.7. The highest BCUT2D eigenvalue weighted by Crippen LogP contribution is 2.26. The predicted octanol–water partition coefficient (Wildman–Crippen LogP) is 2.25. The molecule has 1 fully saturated rings. The summed E-state index contributed by atoms with van der Waals surface area (Å²) in [4.78, 5) is 24.6. The summed E-state index contributed by atoms with van der Waals surface area (Å²) in [5.74, 6) is -0.309. The number of hydrogen-bond acceptors (Lipinski definition) is 5. The third-order valence-electron chi connectivity index (χ3n) is 4.69. The smallest absolute Gasteiger partial charge is 0.308 e. The van der Waals surface area contributed by atoms with Crippen LogP contribution in [0, 0.1) is 5.92 Å². The van der Waals surface area contributed by atoms with Gasteiger partial charge in [-0.3, -0.25) is 14.2 Å². The Morgan fingerprint density at radius 1 is 1.27 bits per heavy atom. The van der Waals surface area contributed by atoms with Crippen LogP contribution in [0.1, 0.15) is 32.7 Å². The lowest BCUT2D eigenvalue weighted by atomic mass is 9.97. The summed E-state index contributed by atoms with van der Waals surface area (Å²) in [5.41, 5.74) is 1.53. The van der Waals surface area contributed by atoms with E-state index in [1.165, 1.54) is 21.9 Å². The van der Waals surface area contributed by atoms with E-state index in [-0.39, 0.29) is 22.7 Å². The van der Waals surface area contributed by atoms with Crippen molar-refractivity contribution in [2.75, 3.05) is 24.7 Å². The number of nitrogens with one attached hydrogen (secondary N) is 1. The number of piperidine rings is 1. The highest BCUT2D eigenvalue weighted by Gasteiger charge is 2.29. The van der Waals surface area contributed by atoms with E-state index in [0.29, 0.717) is 31.6 Å². The van der Waals surface area contributed by atoms with E-state index in [4.69, 9.17) is 0 Å². The third-order valence-corrected chi connectivity index (χ3v) is 6.91. The third kappa shape index (κ3) is 3.84. The quantitative estimate of drug-likeness (QED) is 0.857. The number of hydrogen-bond donors (Lipinski definition) is 1. The molecule has 0 bridgehead atoms. The molecule has 1 aliphatic heterocycles. The Kier molecular flexibility index (Phi) is 5.23. The van der Waals surface area contributed by atoms with Gasteiger partial charge in [0.05, 0.1) is 16.5 Å². The number of fused-ring (bicyclic) bond motifs is 1. The molecule has 2 heterocycles. The molecule has 7 nitrogen and oxygen atoms in total. The highest BCUT2D eigenvalue weighted by atomic mass is 32.2. The molecule has 142 valence electrons. The van der Waals surface area contributed by atoms with Gasteiger partial charge in [0.25, 0.3) is 0 Å². The number of thiazole rings is 1. The summed E-state index contributed by atoms with van der Waals surface area (Å²) in [6.07, 6.45) is 2.22. The van der Waals surface area contributed by atoms with Crippen LogP contribution < -0.4 is 10.2 Å². The summed E-state index contributed by atoms with van der Waals surface area (Å²) in [6, 6.07) is 5.56. The van der Waals surface area contributed by atoms with Crippen LogP contribution in [0.15, 0.2) is 23.0 Å². The molecule has 0 aliphatic carbocycles. The van der Waals surface area contributed by atoms with Gasteiger partial charge in [-0.2, -0.15) is 0 Å². The Labute approximate surface area is 156 Å². The van der Waals surface area contributed by atoms with E-state index in [9.17, 15) is 18.0 Å². The first kappa shape index (κ1) is 19.1. The molecular weight excluding hydrogens is 374 g/mol. The maximum Gasteiger partial charge on any atom is 0.308 e. The molecule has 1 aromatic carbocycles. The standard InChI is InChI=1S/C17H23N3O4S2/c1-11(2)20-14-5-4-13(10-15(14)25-17(20)22)18-16(21)12-6-8-19(9-7-12)26(3,23)24/h4-5,10-12H,6-9H2,1-3H3,(H,18,21). The highest BCUT2D eigenvalue weighted by molar-refractivity contribution is 7.88. The largest absolute Gasteiger partial charge is 0.326 e. The molecule has 0 unspecified atom stereocenters. The number of carbonyl (C=O) groups is 1. The number of sulfonamides is 1. The van der Waals surface area contributed by atoms with Gasteiger partial charge in [-0.1, -0.05) is 11.3 Å². The average Bonchev–Trinajstić information content (AvgIpc) is 2.89. The van der Waals surface area contributed by atoms with Crippen molar-refractivity contribution in [3.8, 4) is 0 Å². The number of aromatic nitrogens is 1. The van der Waals surface area contributed by atoms with E-state index in [1.54, 1.807) is 10.6 Å². The second-order valence-corrected chi connectivity index (χ2v) is 9.92. The van der Waals surface area contributed by atoms with Crippen molar-refractivity contribution in [1.82, 2.24) is 8.87 Å². The van der Waals surface area contributed by atoms with Crippen molar-refractivity contribution in [2.45, 2.75) is 32.7 Å². The van der Waals surface area contributed by atoms with Gasteiger partial charge in [-0.25, -0.2) is 12.7 Å². The van der Waals surface area contributed by atoms with E-state index in [1.807, 2.05) is 26.0 Å². The number of rotatable bonds is 4. The molecule has 0 saturated carbocycles. The van der Waals surface area contributed by atoms with Crippen molar-refractivity contribution < 1.29 is 13.2 Å². The van der Waals surface area contributed by atoms with Gasteiger partial charge in [0.2, 0.25) is 15.9 Å². The summed E-state index contributed by atoms with van der Waals surface area (Å²) in [7, 11) is -3.20. The van der Waals surface area contributed by atoms with Gasteiger partial charge in [0.15, 0.2) is 0 Å². The first-order chi connectivity index (χ1) is 12.2. The minimum atomic E-state index is -3.20. The molecule has 1 saturated heterocycles. The Hall–Kier alpha value is -1.71. The van der Waals surface area contributed by atoms with E-state index in [0.717, 1.165) is 10.2 Å². The maximum absolute atomic E-state index is 12.5. The van der Waals surface area contributed by atoms with Gasteiger partial charge in [-0.05, 0) is 44.9 Å². The van der Waals surface area contributed by atoms with Crippen LogP contribution in [0.25, 0.3) is 10.2 Å². The monoisotopic (exact) mass is 397 g/mol. The van der Waals surface area contributed by atoms with Crippen molar-refractivity contribution >= 4 is 43.2 Å². The van der Waals surface area contributed by atoms with Crippen LogP contribution in [0.4, 0.5) is 5.69 Å². The first-order valence-electron chi connectivity index (χ1n) is 8.58. The fourth-order valence-electron chi connectivity index (χ4n) is 3.30. The molecule has 1 amide bonds. The molecule has 1 N–H and O–H groups in total. The lowest BCUT2D eigenvalue weighted by molar-refractivity contribution is -0.120. The zero-order chi connectivity index (χ0) is 19.1. The first-order valence-corrected chi connectivity index (χ1v) is 11.2. The van der Waals surface area contributed by atoms with Crippen LogP contribution in [-0.4, -0.2) is 42.5 Å². The van der Waals surface area contributed by atoms with Crippen LogP contribution in [0.5, 0.6) is 0 Å². The van der Waals surface area contributed by atoms with Crippen LogP contribution in [-0.2, 0) is 14.8 Å². The molecule has 1 aromatic heterocycles. The number of benzene rings is 1. The molecule has 26 heavy (non-hydrogen) atoms. The lowest BCUT2D eigenvalue weighted by Crippen LogP contribution is -2.40. The SMILES string of the molecule is CC(C)n1c(=O)sc2cc(NC(=O)C3CCN(S(C)(=O)=O)CC3)ccc21. The summed E-state index contributed by atoms with van der Waals surface area (Å²) in [5, 5.41) is 2.90. The fourth-order valence-corrected chi connectivity index (χ4v) is 5.22. The summed E-state index contributed by atoms with van der Waals surface area (Å²) >= 11 is 1.17. The van der Waals surface area contributed by atoms with Crippen molar-refractivity contribution in [2.24, 2.45) is 5.92 Å². The number of nitrogens with zero attached hydrogens (tertiary/aromatic N) is 2. The summed E-state index contributed by atoms with van der Waals surface area (Å²) in [6.45, 7) is 4.67.